The van der Waals surface area contributed by atoms with Crippen LogP contribution in [0.5, 0.6) is 5.75 Å². The Morgan fingerprint density at radius 2 is 2.20 bits per heavy atom. The number of carboxylic acids is 1. The molecule has 1 aromatic carbocycles. The number of thiophene rings is 1. The molecule has 6 heteroatoms. The van der Waals surface area contributed by atoms with E-state index >= 15 is 0 Å². The average molecular weight is 356 g/mol. The van der Waals surface area contributed by atoms with E-state index in [1.54, 1.807) is 29.5 Å². The van der Waals surface area contributed by atoms with E-state index in [2.05, 4.69) is 27.3 Å². The molecule has 0 amide bonds. The molecule has 0 bridgehead atoms. The van der Waals surface area contributed by atoms with Crippen LogP contribution in [0.4, 0.5) is 0 Å². The van der Waals surface area contributed by atoms with Crippen molar-refractivity contribution in [2.24, 2.45) is 0 Å². The predicted molar refractivity (Wildman–Crippen MR) is 82.6 cm³/mol. The standard InChI is InChI=1S/C14H14BrNO3S/c15-13-5-4-12(20-13)9-16-6-7-19-11-3-1-2-10(8-11)14(17)18/h1-5,8,16H,6-7,9H2,(H,17,18). The van der Waals surface area contributed by atoms with Crippen molar-refractivity contribution in [3.8, 4) is 5.75 Å². The van der Waals surface area contributed by atoms with Crippen molar-refractivity contribution < 1.29 is 14.6 Å². The second kappa shape index (κ2) is 7.42. The van der Waals surface area contributed by atoms with Crippen LogP contribution < -0.4 is 10.1 Å². The number of ether oxygens (including phenoxy) is 1. The highest BCUT2D eigenvalue weighted by molar-refractivity contribution is 9.11. The predicted octanol–water partition coefficient (Wildman–Crippen LogP) is 3.38. The summed E-state index contributed by atoms with van der Waals surface area (Å²) in [4.78, 5) is 12.1. The lowest BCUT2D eigenvalue weighted by Crippen LogP contribution is -2.20. The number of hydrogen-bond acceptors (Lipinski definition) is 4. The maximum absolute atomic E-state index is 10.8. The van der Waals surface area contributed by atoms with Crippen LogP contribution in [0.15, 0.2) is 40.2 Å². The van der Waals surface area contributed by atoms with E-state index in [-0.39, 0.29) is 5.56 Å². The summed E-state index contributed by atoms with van der Waals surface area (Å²) in [6.07, 6.45) is 0. The van der Waals surface area contributed by atoms with Crippen LogP contribution in [-0.4, -0.2) is 24.2 Å². The Kier molecular flexibility index (Phi) is 5.58. The highest BCUT2D eigenvalue weighted by Crippen LogP contribution is 2.21. The molecule has 0 fully saturated rings. The molecule has 0 aliphatic heterocycles. The topological polar surface area (TPSA) is 58.6 Å². The normalized spacial score (nSPS) is 10.4. The molecular formula is C14H14BrNO3S. The van der Waals surface area contributed by atoms with Crippen molar-refractivity contribution in [2.75, 3.05) is 13.2 Å². The van der Waals surface area contributed by atoms with Crippen molar-refractivity contribution in [1.29, 1.82) is 0 Å². The number of nitrogens with one attached hydrogen (secondary N) is 1. The van der Waals surface area contributed by atoms with Crippen LogP contribution in [-0.2, 0) is 6.54 Å². The molecule has 0 radical (unpaired) electrons. The lowest BCUT2D eigenvalue weighted by Gasteiger charge is -2.07. The van der Waals surface area contributed by atoms with Gasteiger partial charge in [0.25, 0.3) is 0 Å². The minimum atomic E-state index is -0.947. The SMILES string of the molecule is O=C(O)c1cccc(OCCNCc2ccc(Br)s2)c1. The zero-order valence-electron chi connectivity index (χ0n) is 10.6. The van der Waals surface area contributed by atoms with Gasteiger partial charge in [0, 0.05) is 18.0 Å². The lowest BCUT2D eigenvalue weighted by atomic mass is 10.2. The highest BCUT2D eigenvalue weighted by atomic mass is 79.9. The molecule has 20 heavy (non-hydrogen) atoms. The lowest BCUT2D eigenvalue weighted by molar-refractivity contribution is 0.0696. The maximum atomic E-state index is 10.8. The van der Waals surface area contributed by atoms with Gasteiger partial charge in [-0.2, -0.15) is 0 Å². The van der Waals surface area contributed by atoms with Gasteiger partial charge in [0.1, 0.15) is 12.4 Å². The van der Waals surface area contributed by atoms with Gasteiger partial charge in [-0.1, -0.05) is 6.07 Å². The summed E-state index contributed by atoms with van der Waals surface area (Å²) in [7, 11) is 0. The quantitative estimate of drug-likeness (QED) is 0.747. The van der Waals surface area contributed by atoms with Gasteiger partial charge in [0.15, 0.2) is 0 Å². The Balaban J connectivity index is 1.70. The third-order valence-electron chi connectivity index (χ3n) is 2.56. The smallest absolute Gasteiger partial charge is 0.335 e. The van der Waals surface area contributed by atoms with E-state index in [0.717, 1.165) is 10.3 Å². The van der Waals surface area contributed by atoms with Gasteiger partial charge in [-0.05, 0) is 46.3 Å². The summed E-state index contributed by atoms with van der Waals surface area (Å²) in [6, 6.07) is 10.6. The molecule has 0 aliphatic carbocycles. The Hall–Kier alpha value is -1.37. The maximum Gasteiger partial charge on any atom is 0.335 e. The summed E-state index contributed by atoms with van der Waals surface area (Å²) >= 11 is 5.12. The zero-order chi connectivity index (χ0) is 14.4. The molecule has 0 aliphatic rings. The van der Waals surface area contributed by atoms with Crippen LogP contribution in [0.3, 0.4) is 0 Å². The number of rotatable bonds is 7. The first-order valence-electron chi connectivity index (χ1n) is 6.06. The summed E-state index contributed by atoms with van der Waals surface area (Å²) in [5.41, 5.74) is 0.235. The minimum absolute atomic E-state index is 0.235. The average Bonchev–Trinajstić information content (AvgIpc) is 2.84. The molecule has 4 nitrogen and oxygen atoms in total. The zero-order valence-corrected chi connectivity index (χ0v) is 13.0. The second-order valence-corrected chi connectivity index (χ2v) is 6.61. The molecule has 0 atom stereocenters. The Bertz CT molecular complexity index is 585. The molecular weight excluding hydrogens is 342 g/mol. The van der Waals surface area contributed by atoms with Gasteiger partial charge in [-0.3, -0.25) is 0 Å². The van der Waals surface area contributed by atoms with E-state index in [9.17, 15) is 4.79 Å². The van der Waals surface area contributed by atoms with E-state index < -0.39 is 5.97 Å². The van der Waals surface area contributed by atoms with Gasteiger partial charge in [0.05, 0.1) is 9.35 Å². The van der Waals surface area contributed by atoms with E-state index in [1.165, 1.54) is 10.9 Å². The summed E-state index contributed by atoms with van der Waals surface area (Å²) in [5, 5.41) is 12.1. The van der Waals surface area contributed by atoms with Crippen molar-refractivity contribution >= 4 is 33.2 Å². The van der Waals surface area contributed by atoms with Crippen LogP contribution in [0, 0.1) is 0 Å². The third kappa shape index (κ3) is 4.63. The molecule has 2 N–H and O–H groups in total. The Morgan fingerprint density at radius 1 is 1.35 bits per heavy atom. The van der Waals surface area contributed by atoms with Crippen LogP contribution >= 0.6 is 27.3 Å². The number of benzene rings is 1. The van der Waals surface area contributed by atoms with Gasteiger partial charge < -0.3 is 15.2 Å². The Labute approximate surface area is 129 Å². The van der Waals surface area contributed by atoms with Crippen LogP contribution in [0.2, 0.25) is 0 Å². The first-order chi connectivity index (χ1) is 9.65. The van der Waals surface area contributed by atoms with Crippen LogP contribution in [0.1, 0.15) is 15.2 Å². The monoisotopic (exact) mass is 355 g/mol. The molecule has 2 aromatic rings. The fourth-order valence-corrected chi connectivity index (χ4v) is 3.07. The summed E-state index contributed by atoms with van der Waals surface area (Å²) < 4.78 is 6.63. The third-order valence-corrected chi connectivity index (χ3v) is 4.18. The fraction of sp³-hybridized carbons (Fsp3) is 0.214. The van der Waals surface area contributed by atoms with E-state index in [4.69, 9.17) is 9.84 Å². The van der Waals surface area contributed by atoms with Gasteiger partial charge in [-0.15, -0.1) is 11.3 Å². The van der Waals surface area contributed by atoms with Gasteiger partial charge in [-0.25, -0.2) is 4.79 Å². The molecule has 0 saturated heterocycles. The van der Waals surface area contributed by atoms with Crippen LogP contribution in [0.25, 0.3) is 0 Å². The molecule has 106 valence electrons. The van der Waals surface area contributed by atoms with Gasteiger partial charge >= 0.3 is 5.97 Å². The first kappa shape index (κ1) is 15.0. The second-order valence-electron chi connectivity index (χ2n) is 4.06. The largest absolute Gasteiger partial charge is 0.492 e. The molecule has 0 unspecified atom stereocenters. The number of hydrogen-bond donors (Lipinski definition) is 2. The first-order valence-corrected chi connectivity index (χ1v) is 7.67. The van der Waals surface area contributed by atoms with Crippen molar-refractivity contribution in [3.63, 3.8) is 0 Å². The Morgan fingerprint density at radius 3 is 2.90 bits per heavy atom. The molecule has 0 spiro atoms. The summed E-state index contributed by atoms with van der Waals surface area (Å²) in [5.74, 6) is -0.373. The van der Waals surface area contributed by atoms with E-state index in [1.807, 2.05) is 6.07 Å². The fourth-order valence-electron chi connectivity index (χ4n) is 1.62. The van der Waals surface area contributed by atoms with Crippen molar-refractivity contribution in [1.82, 2.24) is 5.32 Å². The highest BCUT2D eigenvalue weighted by Gasteiger charge is 2.03. The summed E-state index contributed by atoms with van der Waals surface area (Å²) in [6.45, 7) is 2.00. The number of carboxylic acid groups (broad SMARTS) is 1. The molecule has 2 rings (SSSR count). The van der Waals surface area contributed by atoms with Gasteiger partial charge in [0.2, 0.25) is 0 Å². The number of halogens is 1. The molecule has 0 saturated carbocycles. The molecule has 1 aromatic heterocycles. The molecule has 1 heterocycles. The van der Waals surface area contributed by atoms with Crippen molar-refractivity contribution in [3.05, 3.63) is 50.6 Å². The minimum Gasteiger partial charge on any atom is -0.492 e. The van der Waals surface area contributed by atoms with Crippen molar-refractivity contribution in [2.45, 2.75) is 6.54 Å². The number of carbonyl (C=O) groups is 1. The van der Waals surface area contributed by atoms with E-state index in [0.29, 0.717) is 18.9 Å². The number of aromatic carboxylic acids is 1.